The van der Waals surface area contributed by atoms with Gasteiger partial charge >= 0.3 is 5.97 Å². The third-order valence-electron chi connectivity index (χ3n) is 2.31. The van der Waals surface area contributed by atoms with Crippen LogP contribution in [-0.4, -0.2) is 19.2 Å². The lowest BCUT2D eigenvalue weighted by atomic mass is 10.1. The minimum absolute atomic E-state index is 0.0863. The Morgan fingerprint density at radius 2 is 2.18 bits per heavy atom. The highest BCUT2D eigenvalue weighted by Crippen LogP contribution is 2.25. The molecule has 0 spiro atoms. The van der Waals surface area contributed by atoms with Gasteiger partial charge in [0, 0.05) is 11.6 Å². The summed E-state index contributed by atoms with van der Waals surface area (Å²) in [4.78, 5) is 11.2. The summed E-state index contributed by atoms with van der Waals surface area (Å²) in [6, 6.07) is 5.63. The summed E-state index contributed by atoms with van der Waals surface area (Å²) in [6.45, 7) is 5.87. The Labute approximate surface area is 102 Å². The lowest BCUT2D eigenvalue weighted by Crippen LogP contribution is -2.16. The van der Waals surface area contributed by atoms with Gasteiger partial charge in [0.05, 0.1) is 6.61 Å². The van der Waals surface area contributed by atoms with Crippen LogP contribution in [0.15, 0.2) is 18.2 Å². The van der Waals surface area contributed by atoms with Gasteiger partial charge in [-0.15, -0.1) is 0 Å². The summed E-state index contributed by atoms with van der Waals surface area (Å²) >= 11 is 0. The van der Waals surface area contributed by atoms with E-state index < -0.39 is 0 Å². The smallest absolute Gasteiger partial charge is 0.344 e. The van der Waals surface area contributed by atoms with Gasteiger partial charge in [-0.1, -0.05) is 12.1 Å². The van der Waals surface area contributed by atoms with Crippen molar-refractivity contribution in [3.8, 4) is 5.75 Å². The number of carbonyl (C=O) groups is 1. The average Bonchev–Trinajstić information content (AvgIpc) is 2.26. The first-order valence-corrected chi connectivity index (χ1v) is 5.69. The van der Waals surface area contributed by atoms with Crippen molar-refractivity contribution in [1.82, 2.24) is 0 Å². The monoisotopic (exact) mass is 237 g/mol. The van der Waals surface area contributed by atoms with Crippen LogP contribution < -0.4 is 10.5 Å². The number of nitrogens with two attached hydrogens (primary N) is 1. The van der Waals surface area contributed by atoms with Crippen LogP contribution in [-0.2, 0) is 9.53 Å². The molecule has 0 bridgehead atoms. The summed E-state index contributed by atoms with van der Waals surface area (Å²) in [5.74, 6) is 0.276. The van der Waals surface area contributed by atoms with Gasteiger partial charge in [-0.25, -0.2) is 4.79 Å². The molecule has 0 aliphatic carbocycles. The van der Waals surface area contributed by atoms with E-state index in [9.17, 15) is 4.79 Å². The molecule has 0 aliphatic rings. The Hall–Kier alpha value is -1.55. The second-order valence-corrected chi connectivity index (χ2v) is 3.92. The molecule has 0 heterocycles. The first-order chi connectivity index (χ1) is 8.04. The minimum Gasteiger partial charge on any atom is -0.482 e. The highest BCUT2D eigenvalue weighted by Gasteiger charge is 2.10. The molecular formula is C13H19NO3. The molecule has 0 fully saturated rings. The van der Waals surface area contributed by atoms with Crippen molar-refractivity contribution in [2.24, 2.45) is 5.73 Å². The Morgan fingerprint density at radius 1 is 1.47 bits per heavy atom. The predicted octanol–water partition coefficient (Wildman–Crippen LogP) is 1.96. The molecule has 0 radical (unpaired) electrons. The van der Waals surface area contributed by atoms with Crippen molar-refractivity contribution in [2.45, 2.75) is 26.8 Å². The number of rotatable bonds is 5. The average molecular weight is 237 g/mol. The maximum atomic E-state index is 11.2. The third kappa shape index (κ3) is 4.07. The molecule has 1 aromatic carbocycles. The summed E-state index contributed by atoms with van der Waals surface area (Å²) in [5.41, 5.74) is 7.79. The van der Waals surface area contributed by atoms with Crippen LogP contribution in [0.2, 0.25) is 0 Å². The highest BCUT2D eigenvalue weighted by atomic mass is 16.6. The van der Waals surface area contributed by atoms with Crippen LogP contribution in [0, 0.1) is 6.92 Å². The van der Waals surface area contributed by atoms with E-state index in [0.29, 0.717) is 12.4 Å². The number of aryl methyl sites for hydroxylation is 1. The number of esters is 1. The molecule has 1 aromatic rings. The van der Waals surface area contributed by atoms with Crippen molar-refractivity contribution >= 4 is 5.97 Å². The van der Waals surface area contributed by atoms with Crippen molar-refractivity contribution in [1.29, 1.82) is 0 Å². The number of hydrogen-bond acceptors (Lipinski definition) is 4. The van der Waals surface area contributed by atoms with Gasteiger partial charge in [0.25, 0.3) is 0 Å². The van der Waals surface area contributed by atoms with Crippen LogP contribution in [0.3, 0.4) is 0 Å². The molecule has 0 aliphatic heterocycles. The normalized spacial score (nSPS) is 12.0. The molecule has 0 amide bonds. The molecule has 1 atom stereocenters. The SMILES string of the molecule is CCOC(=O)COc1cc(C)ccc1C(C)N. The predicted molar refractivity (Wildman–Crippen MR) is 65.9 cm³/mol. The van der Waals surface area contributed by atoms with Crippen LogP contribution in [0.25, 0.3) is 0 Å². The van der Waals surface area contributed by atoms with Crippen molar-refractivity contribution in [3.63, 3.8) is 0 Å². The van der Waals surface area contributed by atoms with E-state index in [1.165, 1.54) is 0 Å². The zero-order valence-electron chi connectivity index (χ0n) is 10.5. The molecule has 4 heteroatoms. The van der Waals surface area contributed by atoms with Crippen LogP contribution >= 0.6 is 0 Å². The lowest BCUT2D eigenvalue weighted by molar-refractivity contribution is -0.145. The van der Waals surface area contributed by atoms with Gasteiger partial charge in [-0.2, -0.15) is 0 Å². The first kappa shape index (κ1) is 13.5. The van der Waals surface area contributed by atoms with Gasteiger partial charge in [-0.3, -0.25) is 0 Å². The van der Waals surface area contributed by atoms with Crippen LogP contribution in [0.5, 0.6) is 5.75 Å². The van der Waals surface area contributed by atoms with E-state index >= 15 is 0 Å². The van der Waals surface area contributed by atoms with Crippen LogP contribution in [0.4, 0.5) is 0 Å². The molecule has 94 valence electrons. The molecule has 1 rings (SSSR count). The van der Waals surface area contributed by atoms with Crippen molar-refractivity contribution in [3.05, 3.63) is 29.3 Å². The summed E-state index contributed by atoms with van der Waals surface area (Å²) in [5, 5.41) is 0. The van der Waals surface area contributed by atoms with Gasteiger partial charge in [0.1, 0.15) is 5.75 Å². The van der Waals surface area contributed by atoms with E-state index in [1.807, 2.05) is 32.0 Å². The maximum Gasteiger partial charge on any atom is 0.344 e. The van der Waals surface area contributed by atoms with Gasteiger partial charge in [0.15, 0.2) is 6.61 Å². The number of carbonyl (C=O) groups excluding carboxylic acids is 1. The largest absolute Gasteiger partial charge is 0.482 e. The van der Waals surface area contributed by atoms with E-state index in [-0.39, 0.29) is 18.6 Å². The molecule has 0 saturated carbocycles. The zero-order chi connectivity index (χ0) is 12.8. The fraction of sp³-hybridized carbons (Fsp3) is 0.462. The molecule has 4 nitrogen and oxygen atoms in total. The summed E-state index contributed by atoms with van der Waals surface area (Å²) in [7, 11) is 0. The number of hydrogen-bond donors (Lipinski definition) is 1. The van der Waals surface area contributed by atoms with Crippen molar-refractivity contribution in [2.75, 3.05) is 13.2 Å². The van der Waals surface area contributed by atoms with Gasteiger partial charge in [0.2, 0.25) is 0 Å². The zero-order valence-corrected chi connectivity index (χ0v) is 10.5. The first-order valence-electron chi connectivity index (χ1n) is 5.69. The van der Waals surface area contributed by atoms with E-state index in [2.05, 4.69) is 0 Å². The Balaban J connectivity index is 2.75. The second-order valence-electron chi connectivity index (χ2n) is 3.92. The number of benzene rings is 1. The topological polar surface area (TPSA) is 61.5 Å². The molecule has 17 heavy (non-hydrogen) atoms. The lowest BCUT2D eigenvalue weighted by Gasteiger charge is -2.14. The Morgan fingerprint density at radius 3 is 2.76 bits per heavy atom. The standard InChI is InChI=1S/C13H19NO3/c1-4-16-13(15)8-17-12-7-9(2)5-6-11(12)10(3)14/h5-7,10H,4,8,14H2,1-3H3. The molecule has 1 unspecified atom stereocenters. The van der Waals surface area contributed by atoms with E-state index in [4.69, 9.17) is 15.2 Å². The Kier molecular flexibility index (Phi) is 4.97. The Bertz CT molecular complexity index is 388. The fourth-order valence-corrected chi connectivity index (χ4v) is 1.48. The summed E-state index contributed by atoms with van der Waals surface area (Å²) < 4.78 is 10.2. The molecule has 2 N–H and O–H groups in total. The third-order valence-corrected chi connectivity index (χ3v) is 2.31. The summed E-state index contributed by atoms with van der Waals surface area (Å²) in [6.07, 6.45) is 0. The van der Waals surface area contributed by atoms with Crippen molar-refractivity contribution < 1.29 is 14.3 Å². The maximum absolute atomic E-state index is 11.2. The van der Waals surface area contributed by atoms with Gasteiger partial charge in [-0.05, 0) is 32.4 Å². The molecule has 0 saturated heterocycles. The fourth-order valence-electron chi connectivity index (χ4n) is 1.48. The quantitative estimate of drug-likeness (QED) is 0.795. The second kappa shape index (κ2) is 6.25. The van der Waals surface area contributed by atoms with Gasteiger partial charge < -0.3 is 15.2 Å². The van der Waals surface area contributed by atoms with Crippen LogP contribution in [0.1, 0.15) is 31.0 Å². The number of ether oxygens (including phenoxy) is 2. The highest BCUT2D eigenvalue weighted by molar-refractivity contribution is 5.71. The van der Waals surface area contributed by atoms with E-state index in [1.54, 1.807) is 6.92 Å². The minimum atomic E-state index is -0.371. The molecule has 0 aromatic heterocycles. The van der Waals surface area contributed by atoms with E-state index in [0.717, 1.165) is 11.1 Å². The molecular weight excluding hydrogens is 218 g/mol.